The van der Waals surface area contributed by atoms with Crippen LogP contribution >= 0.6 is 0 Å². The summed E-state index contributed by atoms with van der Waals surface area (Å²) in [5, 5.41) is 0. The van der Waals surface area contributed by atoms with Gasteiger partial charge >= 0.3 is 6.18 Å². The Bertz CT molecular complexity index is 476. The van der Waals surface area contributed by atoms with E-state index in [1.54, 1.807) is 12.1 Å². The monoisotopic (exact) mass is 299 g/mol. The standard InChI is InChI=1S/C17H24F3N/c1-11-4-9-14(15(21)10-11)16(2,3)12-5-7-13(8-6-12)17(18,19)20/h5-8,11,14-15H,4,9-10,21H2,1-3H3. The maximum absolute atomic E-state index is 12.7. The normalized spacial score (nSPS) is 27.7. The molecule has 1 aliphatic rings. The van der Waals surface area contributed by atoms with E-state index >= 15 is 0 Å². The average molecular weight is 299 g/mol. The molecule has 1 aromatic carbocycles. The molecule has 0 spiro atoms. The van der Waals surface area contributed by atoms with Crippen LogP contribution in [0.1, 0.15) is 51.2 Å². The van der Waals surface area contributed by atoms with Crippen molar-refractivity contribution in [1.29, 1.82) is 0 Å². The van der Waals surface area contributed by atoms with Crippen molar-refractivity contribution < 1.29 is 13.2 Å². The van der Waals surface area contributed by atoms with Crippen molar-refractivity contribution in [3.63, 3.8) is 0 Å². The van der Waals surface area contributed by atoms with Crippen molar-refractivity contribution in [2.75, 3.05) is 0 Å². The molecule has 1 nitrogen and oxygen atoms in total. The first-order valence-corrected chi connectivity index (χ1v) is 7.55. The zero-order chi connectivity index (χ0) is 15.8. The SMILES string of the molecule is CC1CCC(C(C)(C)c2ccc(C(F)(F)F)cc2)C(N)C1. The molecule has 0 aliphatic heterocycles. The second-order valence-electron chi connectivity index (χ2n) is 6.99. The van der Waals surface area contributed by atoms with Crippen LogP contribution in [0.3, 0.4) is 0 Å². The molecule has 118 valence electrons. The first kappa shape index (κ1) is 16.3. The van der Waals surface area contributed by atoms with E-state index in [2.05, 4.69) is 20.8 Å². The molecule has 1 aliphatic carbocycles. The molecule has 0 bridgehead atoms. The van der Waals surface area contributed by atoms with Gasteiger partial charge in [-0.05, 0) is 47.8 Å². The number of benzene rings is 1. The molecule has 0 radical (unpaired) electrons. The van der Waals surface area contributed by atoms with Crippen LogP contribution in [0, 0.1) is 11.8 Å². The van der Waals surface area contributed by atoms with Crippen molar-refractivity contribution in [2.24, 2.45) is 17.6 Å². The minimum absolute atomic E-state index is 0.117. The summed E-state index contributed by atoms with van der Waals surface area (Å²) in [7, 11) is 0. The Morgan fingerprint density at radius 1 is 1.00 bits per heavy atom. The Balaban J connectivity index is 2.23. The summed E-state index contributed by atoms with van der Waals surface area (Å²) >= 11 is 0. The van der Waals surface area contributed by atoms with Crippen molar-refractivity contribution >= 4 is 0 Å². The predicted molar refractivity (Wildman–Crippen MR) is 79.0 cm³/mol. The van der Waals surface area contributed by atoms with Crippen molar-refractivity contribution in [1.82, 2.24) is 0 Å². The van der Waals surface area contributed by atoms with E-state index in [1.165, 1.54) is 12.1 Å². The maximum Gasteiger partial charge on any atom is 0.416 e. The minimum Gasteiger partial charge on any atom is -0.327 e. The van der Waals surface area contributed by atoms with Gasteiger partial charge in [0, 0.05) is 6.04 Å². The second kappa shape index (κ2) is 5.64. The number of alkyl halides is 3. The molecule has 2 N–H and O–H groups in total. The highest BCUT2D eigenvalue weighted by Crippen LogP contribution is 2.42. The van der Waals surface area contributed by atoms with E-state index in [0.29, 0.717) is 11.8 Å². The largest absolute Gasteiger partial charge is 0.416 e. The molecule has 2 rings (SSSR count). The van der Waals surface area contributed by atoms with Crippen LogP contribution in [-0.2, 0) is 11.6 Å². The molecule has 0 aromatic heterocycles. The van der Waals surface area contributed by atoms with Crippen LogP contribution in [0.5, 0.6) is 0 Å². The zero-order valence-corrected chi connectivity index (χ0v) is 12.9. The average Bonchev–Trinajstić information content (AvgIpc) is 2.37. The summed E-state index contributed by atoms with van der Waals surface area (Å²) in [6.07, 6.45) is -1.10. The molecule has 0 saturated heterocycles. The molecule has 3 unspecified atom stereocenters. The van der Waals surface area contributed by atoms with Crippen LogP contribution < -0.4 is 5.73 Å². The zero-order valence-electron chi connectivity index (χ0n) is 12.9. The molecule has 0 amide bonds. The molecule has 3 atom stereocenters. The Kier molecular flexibility index (Phi) is 4.39. The number of nitrogens with two attached hydrogens (primary N) is 1. The fourth-order valence-electron chi connectivity index (χ4n) is 3.62. The summed E-state index contributed by atoms with van der Waals surface area (Å²) < 4.78 is 38.0. The molecule has 1 aromatic rings. The van der Waals surface area contributed by atoms with Crippen LogP contribution in [-0.4, -0.2) is 6.04 Å². The molecule has 1 saturated carbocycles. The smallest absolute Gasteiger partial charge is 0.327 e. The Morgan fingerprint density at radius 2 is 1.52 bits per heavy atom. The Labute approximate surface area is 124 Å². The highest BCUT2D eigenvalue weighted by Gasteiger charge is 2.39. The van der Waals surface area contributed by atoms with E-state index in [4.69, 9.17) is 5.73 Å². The van der Waals surface area contributed by atoms with Gasteiger partial charge in [-0.2, -0.15) is 13.2 Å². The van der Waals surface area contributed by atoms with Crippen LogP contribution in [0.15, 0.2) is 24.3 Å². The Morgan fingerprint density at radius 3 is 2.00 bits per heavy atom. The lowest BCUT2D eigenvalue weighted by Gasteiger charge is -2.43. The highest BCUT2D eigenvalue weighted by molar-refractivity contribution is 5.30. The lowest BCUT2D eigenvalue weighted by atomic mass is 9.64. The topological polar surface area (TPSA) is 26.0 Å². The number of hydrogen-bond donors (Lipinski definition) is 1. The van der Waals surface area contributed by atoms with Gasteiger partial charge in [0.2, 0.25) is 0 Å². The van der Waals surface area contributed by atoms with Gasteiger partial charge < -0.3 is 5.73 Å². The number of rotatable bonds is 2. The third-order valence-corrected chi connectivity index (χ3v) is 5.05. The van der Waals surface area contributed by atoms with Gasteiger partial charge in [0.05, 0.1) is 5.56 Å². The van der Waals surface area contributed by atoms with Crippen molar-refractivity contribution in [2.45, 2.75) is 57.7 Å². The van der Waals surface area contributed by atoms with Gasteiger partial charge in [0.15, 0.2) is 0 Å². The first-order chi connectivity index (χ1) is 9.62. The lowest BCUT2D eigenvalue weighted by Crippen LogP contribution is -2.45. The van der Waals surface area contributed by atoms with Crippen LogP contribution in [0.2, 0.25) is 0 Å². The van der Waals surface area contributed by atoms with Gasteiger partial charge in [0.1, 0.15) is 0 Å². The number of halogens is 3. The van der Waals surface area contributed by atoms with Gasteiger partial charge in [-0.1, -0.05) is 39.3 Å². The van der Waals surface area contributed by atoms with Gasteiger partial charge in [0.25, 0.3) is 0 Å². The predicted octanol–water partition coefficient (Wildman–Crippen LogP) is 4.75. The summed E-state index contributed by atoms with van der Waals surface area (Å²) in [5.74, 6) is 0.949. The molecule has 4 heteroatoms. The van der Waals surface area contributed by atoms with E-state index in [1.807, 2.05) is 0 Å². The third kappa shape index (κ3) is 3.42. The first-order valence-electron chi connectivity index (χ1n) is 7.55. The van der Waals surface area contributed by atoms with E-state index in [0.717, 1.165) is 24.8 Å². The van der Waals surface area contributed by atoms with Gasteiger partial charge in [-0.15, -0.1) is 0 Å². The summed E-state index contributed by atoms with van der Waals surface area (Å²) in [6.45, 7) is 6.40. The second-order valence-corrected chi connectivity index (χ2v) is 6.99. The van der Waals surface area contributed by atoms with Crippen molar-refractivity contribution in [3.05, 3.63) is 35.4 Å². The third-order valence-electron chi connectivity index (χ3n) is 5.05. The van der Waals surface area contributed by atoms with Gasteiger partial charge in [-0.25, -0.2) is 0 Å². The van der Waals surface area contributed by atoms with E-state index in [-0.39, 0.29) is 11.5 Å². The summed E-state index contributed by atoms with van der Waals surface area (Å²) in [6, 6.07) is 5.68. The quantitative estimate of drug-likeness (QED) is 0.838. The fourth-order valence-corrected chi connectivity index (χ4v) is 3.62. The van der Waals surface area contributed by atoms with Crippen LogP contribution in [0.25, 0.3) is 0 Å². The molecular formula is C17H24F3N. The Hall–Kier alpha value is -1.03. The highest BCUT2D eigenvalue weighted by atomic mass is 19.4. The van der Waals surface area contributed by atoms with Crippen molar-refractivity contribution in [3.8, 4) is 0 Å². The summed E-state index contributed by atoms with van der Waals surface area (Å²) in [4.78, 5) is 0. The lowest BCUT2D eigenvalue weighted by molar-refractivity contribution is -0.137. The molecule has 1 fully saturated rings. The molecule has 21 heavy (non-hydrogen) atoms. The fraction of sp³-hybridized carbons (Fsp3) is 0.647. The molecular weight excluding hydrogens is 275 g/mol. The maximum atomic E-state index is 12.7. The van der Waals surface area contributed by atoms with Gasteiger partial charge in [-0.3, -0.25) is 0 Å². The molecule has 0 heterocycles. The van der Waals surface area contributed by atoms with E-state index in [9.17, 15) is 13.2 Å². The minimum atomic E-state index is -4.28. The van der Waals surface area contributed by atoms with E-state index < -0.39 is 11.7 Å². The number of hydrogen-bond acceptors (Lipinski definition) is 1. The summed E-state index contributed by atoms with van der Waals surface area (Å²) in [5.41, 5.74) is 6.45. The van der Waals surface area contributed by atoms with Crippen LogP contribution in [0.4, 0.5) is 13.2 Å².